The van der Waals surface area contributed by atoms with Crippen molar-refractivity contribution >= 4 is 37.2 Å². The van der Waals surface area contributed by atoms with Crippen LogP contribution in [0.5, 0.6) is 0 Å². The third kappa shape index (κ3) is 25.1. The van der Waals surface area contributed by atoms with E-state index < -0.39 is 146 Å². The van der Waals surface area contributed by atoms with Crippen molar-refractivity contribution in [2.45, 2.75) is 56.4 Å². The smallest absolute Gasteiger partial charge is 0.807 e. The van der Waals surface area contributed by atoms with Crippen LogP contribution < -0.4 is 104 Å². The van der Waals surface area contributed by atoms with Gasteiger partial charge >= 0.3 is 113 Å². The maximum Gasteiger partial charge on any atom is 1.00 e. The van der Waals surface area contributed by atoms with Crippen LogP contribution in [0, 0.1) is 40.5 Å². The normalized spacial score (nSPS) is 19.1. The molecule has 50 heavy (non-hydrogen) atoms. The fourth-order valence-corrected chi connectivity index (χ4v) is 3.04. The van der Waals surface area contributed by atoms with Gasteiger partial charge in [-0.3, -0.25) is 59.6 Å². The van der Waals surface area contributed by atoms with E-state index in [1.807, 2.05) is 0 Å². The van der Waals surface area contributed by atoms with Gasteiger partial charge in [-0.05, 0) is 7.60 Å². The molecule has 1 aliphatic rings. The van der Waals surface area contributed by atoms with Gasteiger partial charge < -0.3 is 53.0 Å². The van der Waals surface area contributed by atoms with Gasteiger partial charge in [-0.15, -0.1) is 0 Å². The number of hydrogen-bond donors (Lipinski definition) is 1. The summed E-state index contributed by atoms with van der Waals surface area (Å²) in [6, 6.07) is 0. The van der Waals surface area contributed by atoms with Crippen molar-refractivity contribution < 1.29 is 181 Å². The first-order valence-corrected chi connectivity index (χ1v) is 14.0. The molecule has 0 spiro atoms. The molecule has 1 rings (SSSR count). The standard InChI is InChI=1S/C18H24N4O18.CH3O5P.3Na/c23-11(1-5-19(28)29)36-9-10-15(38-12(24)2-6-20(30)31)16(39-13(25)3-7-21(32)33)17(18(27)37-10)40-14(26)4-8-22(34)35;2-1(3)7(4,5)6;;;/h10,15-18,27H,1-9H2;(H,2,3)(H2,4,5,6);;;/q;;3*+1/p-3. The fourth-order valence-electron chi connectivity index (χ4n) is 3.04. The number of esters is 4. The van der Waals surface area contributed by atoms with E-state index in [4.69, 9.17) is 47.9 Å². The van der Waals surface area contributed by atoms with Crippen molar-refractivity contribution in [3.8, 4) is 0 Å². The molecular weight excluding hydrogens is 752 g/mol. The molecule has 27 nitrogen and oxygen atoms in total. The number of carbonyl (C=O) groups is 5. The molecule has 0 radical (unpaired) electrons. The molecule has 1 heterocycles. The number of hydrogen-bond acceptors (Lipinski definition) is 23. The molecule has 1 N–H and O–H groups in total. The number of carbonyl (C=O) groups excluding carboxylic acids is 5. The Labute approximate surface area is 344 Å². The van der Waals surface area contributed by atoms with Gasteiger partial charge in [0, 0.05) is 19.7 Å². The summed E-state index contributed by atoms with van der Waals surface area (Å²) in [7, 11) is -5.43. The topological polar surface area (TPSA) is 411 Å². The van der Waals surface area contributed by atoms with Gasteiger partial charge in [-0.1, -0.05) is 0 Å². The summed E-state index contributed by atoms with van der Waals surface area (Å²) in [4.78, 5) is 115. The summed E-state index contributed by atoms with van der Waals surface area (Å²) in [5.74, 6) is -5.06. The van der Waals surface area contributed by atoms with Crippen LogP contribution in [-0.2, 0) is 47.4 Å². The second-order valence-corrected chi connectivity index (χ2v) is 9.96. The van der Waals surface area contributed by atoms with Gasteiger partial charge in [-0.25, -0.2) is 0 Å². The minimum atomic E-state index is -5.43. The predicted molar refractivity (Wildman–Crippen MR) is 130 cm³/mol. The van der Waals surface area contributed by atoms with Crippen LogP contribution >= 0.6 is 7.60 Å². The van der Waals surface area contributed by atoms with E-state index in [1.54, 1.807) is 0 Å². The Morgan fingerprint density at radius 1 is 0.620 bits per heavy atom. The number of rotatable bonds is 18. The van der Waals surface area contributed by atoms with Crippen molar-refractivity contribution in [3.63, 3.8) is 0 Å². The van der Waals surface area contributed by atoms with Crippen LogP contribution in [0.4, 0.5) is 4.79 Å². The van der Waals surface area contributed by atoms with E-state index in [2.05, 4.69) is 0 Å². The molecule has 0 aromatic rings. The maximum absolute atomic E-state index is 12.3. The van der Waals surface area contributed by atoms with Crippen molar-refractivity contribution in [2.75, 3.05) is 32.8 Å². The molecular formula is C19H24N4Na3O23P. The zero-order chi connectivity index (χ0) is 36.5. The largest absolute Gasteiger partial charge is 1.00 e. The van der Waals surface area contributed by atoms with Gasteiger partial charge in [0.2, 0.25) is 26.2 Å². The fraction of sp³-hybridized carbons (Fsp3) is 0.737. The molecule has 0 aliphatic carbocycles. The zero-order valence-corrected chi connectivity index (χ0v) is 33.3. The summed E-state index contributed by atoms with van der Waals surface area (Å²) in [5, 5.41) is 61.7. The van der Waals surface area contributed by atoms with E-state index in [-0.39, 0.29) is 88.7 Å². The van der Waals surface area contributed by atoms with E-state index >= 15 is 0 Å². The average Bonchev–Trinajstić information content (AvgIpc) is 2.94. The Bertz CT molecular complexity index is 1250. The van der Waals surface area contributed by atoms with Gasteiger partial charge in [0.1, 0.15) is 38.4 Å². The molecule has 266 valence electrons. The minimum absolute atomic E-state index is 0. The van der Waals surface area contributed by atoms with Crippen LogP contribution in [0.3, 0.4) is 0 Å². The molecule has 1 fully saturated rings. The Balaban J connectivity index is -0.000000952. The SMILES string of the molecule is O=C(CC[N+](=O)[O-])OCC1OC(O)C(OC(=O)CC[N+](=O)[O-])C(OC(=O)CC[N+](=O)[O-])C1OC(=O)CC[N+](=O)[O-].O=C([O-])P(=O)([O-])[O-].[Na+].[Na+].[Na+]. The van der Waals surface area contributed by atoms with Crippen molar-refractivity contribution in [2.24, 2.45) is 0 Å². The summed E-state index contributed by atoms with van der Waals surface area (Å²) in [6.07, 6.45) is -13.2. The predicted octanol–water partition coefficient (Wildman–Crippen LogP) is -14.1. The Morgan fingerprint density at radius 2 is 0.920 bits per heavy atom. The van der Waals surface area contributed by atoms with Crippen molar-refractivity contribution in [3.05, 3.63) is 40.5 Å². The van der Waals surface area contributed by atoms with Gasteiger partial charge in [0.25, 0.3) is 0 Å². The first-order valence-electron chi connectivity index (χ1n) is 12.4. The van der Waals surface area contributed by atoms with E-state index in [0.29, 0.717) is 0 Å². The van der Waals surface area contributed by atoms with E-state index in [9.17, 15) is 64.7 Å². The maximum atomic E-state index is 12.3. The van der Waals surface area contributed by atoms with E-state index in [1.165, 1.54) is 0 Å². The molecule has 1 aliphatic heterocycles. The molecule has 0 amide bonds. The molecule has 0 aromatic carbocycles. The number of ether oxygens (including phenoxy) is 5. The van der Waals surface area contributed by atoms with Crippen LogP contribution in [0.15, 0.2) is 0 Å². The average molecular weight is 776 g/mol. The number of nitro groups is 4. The molecule has 5 unspecified atom stereocenters. The molecule has 0 saturated carbocycles. The van der Waals surface area contributed by atoms with Crippen LogP contribution in [0.2, 0.25) is 0 Å². The molecule has 0 aromatic heterocycles. The number of nitrogens with zero attached hydrogens (tertiary/aromatic N) is 4. The number of aliphatic hydroxyl groups is 1. The monoisotopic (exact) mass is 776 g/mol. The number of carboxylic acid groups (broad SMARTS) is 1. The summed E-state index contributed by atoms with van der Waals surface area (Å²) in [5.41, 5.74) is -2.56. The molecule has 1 saturated heterocycles. The Kier molecular flexibility index (Phi) is 30.3. The summed E-state index contributed by atoms with van der Waals surface area (Å²) in [6.45, 7) is -4.46. The van der Waals surface area contributed by atoms with Gasteiger partial charge in [-0.2, -0.15) is 0 Å². The van der Waals surface area contributed by atoms with Crippen molar-refractivity contribution in [1.29, 1.82) is 0 Å². The third-order valence-electron chi connectivity index (χ3n) is 5.04. The quantitative estimate of drug-likeness (QED) is 0.0337. The first-order chi connectivity index (χ1) is 21.6. The summed E-state index contributed by atoms with van der Waals surface area (Å²) >= 11 is 0. The summed E-state index contributed by atoms with van der Waals surface area (Å²) < 4.78 is 34.2. The Morgan fingerprint density at radius 3 is 1.24 bits per heavy atom. The number of aliphatic hydroxyl groups excluding tert-OH is 1. The van der Waals surface area contributed by atoms with Crippen LogP contribution in [0.25, 0.3) is 0 Å². The van der Waals surface area contributed by atoms with Crippen LogP contribution in [0.1, 0.15) is 25.7 Å². The molecule has 31 heteroatoms. The second kappa shape index (κ2) is 27.6. The van der Waals surface area contributed by atoms with Crippen LogP contribution in [-0.4, -0.2) is 118 Å². The Hall–Kier alpha value is -1.98. The van der Waals surface area contributed by atoms with E-state index in [0.717, 1.165) is 0 Å². The third-order valence-corrected chi connectivity index (χ3v) is 5.49. The van der Waals surface area contributed by atoms with Gasteiger partial charge in [0.15, 0.2) is 24.6 Å². The zero-order valence-electron chi connectivity index (χ0n) is 26.4. The second-order valence-electron chi connectivity index (χ2n) is 8.60. The van der Waals surface area contributed by atoms with Crippen molar-refractivity contribution in [1.82, 2.24) is 0 Å². The van der Waals surface area contributed by atoms with Gasteiger partial charge in [0.05, 0.1) is 5.71 Å². The molecule has 5 atom stereocenters. The minimum Gasteiger partial charge on any atom is -0.807 e. The molecule has 0 bridgehead atoms. The first kappa shape index (κ1) is 54.8.